The highest BCUT2D eigenvalue weighted by molar-refractivity contribution is 7.80. The largest absolute Gasteiger partial charge is 0.493 e. The van der Waals surface area contributed by atoms with Gasteiger partial charge in [0.1, 0.15) is 0 Å². The fourth-order valence-corrected chi connectivity index (χ4v) is 3.47. The van der Waals surface area contributed by atoms with E-state index in [2.05, 4.69) is 20.7 Å². The maximum absolute atomic E-state index is 13.1. The molecule has 2 aromatic carbocycles. The van der Waals surface area contributed by atoms with Gasteiger partial charge in [-0.25, -0.2) is 0 Å². The molecule has 12 heteroatoms. The Balaban J connectivity index is 1.95. The van der Waals surface area contributed by atoms with Crippen molar-refractivity contribution in [2.24, 2.45) is 0 Å². The normalized spacial score (nSPS) is 15.7. The third-order valence-corrected chi connectivity index (χ3v) is 4.79. The Labute approximate surface area is 186 Å². The van der Waals surface area contributed by atoms with Gasteiger partial charge in [0.05, 0.1) is 23.6 Å². The van der Waals surface area contributed by atoms with Crippen LogP contribution >= 0.6 is 12.2 Å². The van der Waals surface area contributed by atoms with Crippen molar-refractivity contribution in [3.05, 3.63) is 69.4 Å². The molecule has 0 bridgehead atoms. The average Bonchev–Trinajstić information content (AvgIpc) is 2.73. The number of carbonyl (C=O) groups excluding carboxylic acids is 1. The van der Waals surface area contributed by atoms with Gasteiger partial charge in [0.15, 0.2) is 16.6 Å². The number of nitrogens with zero attached hydrogens (tertiary/aromatic N) is 1. The summed E-state index contributed by atoms with van der Waals surface area (Å²) in [6.07, 6.45) is 0. The lowest BCUT2D eigenvalue weighted by Crippen LogP contribution is -2.45. The Morgan fingerprint density at radius 2 is 2.00 bits per heavy atom. The summed E-state index contributed by atoms with van der Waals surface area (Å²) >= 11 is 5.20. The van der Waals surface area contributed by atoms with Crippen molar-refractivity contribution >= 4 is 34.6 Å². The molecule has 1 atom stereocenters. The van der Waals surface area contributed by atoms with E-state index < -0.39 is 23.5 Å². The number of ether oxygens (including phenoxy) is 2. The van der Waals surface area contributed by atoms with Gasteiger partial charge in [0, 0.05) is 23.5 Å². The molecule has 0 radical (unpaired) electrons. The van der Waals surface area contributed by atoms with Crippen LogP contribution < -0.4 is 25.4 Å². The number of methoxy groups -OCH3 is 1. The first kappa shape index (κ1) is 22.9. The molecule has 168 valence electrons. The van der Waals surface area contributed by atoms with Crippen molar-refractivity contribution in [3.63, 3.8) is 0 Å². The summed E-state index contributed by atoms with van der Waals surface area (Å²) in [4.78, 5) is 23.5. The second-order valence-corrected chi connectivity index (χ2v) is 7.03. The molecule has 3 rings (SSSR count). The van der Waals surface area contributed by atoms with Crippen LogP contribution in [0.3, 0.4) is 0 Å². The van der Waals surface area contributed by atoms with E-state index >= 15 is 0 Å². The van der Waals surface area contributed by atoms with E-state index in [0.717, 1.165) is 0 Å². The molecule has 2 aromatic rings. The number of rotatable bonds is 7. The number of allylic oxidation sites excluding steroid dienone is 1. The smallest absolute Gasteiger partial charge is 0.387 e. The average molecular weight is 464 g/mol. The number of carbonyl (C=O) groups is 1. The number of non-ortho nitro benzene ring substituents is 1. The minimum absolute atomic E-state index is 0.0464. The van der Waals surface area contributed by atoms with Crippen molar-refractivity contribution in [2.45, 2.75) is 19.6 Å². The van der Waals surface area contributed by atoms with Gasteiger partial charge in [0.25, 0.3) is 11.6 Å². The Morgan fingerprint density at radius 3 is 2.66 bits per heavy atom. The summed E-state index contributed by atoms with van der Waals surface area (Å²) in [6, 6.07) is 9.01. The predicted molar refractivity (Wildman–Crippen MR) is 116 cm³/mol. The fraction of sp³-hybridized carbons (Fsp3) is 0.200. The lowest BCUT2D eigenvalue weighted by molar-refractivity contribution is -0.384. The Kier molecular flexibility index (Phi) is 6.83. The predicted octanol–water partition coefficient (Wildman–Crippen LogP) is 3.64. The Morgan fingerprint density at radius 1 is 1.25 bits per heavy atom. The lowest BCUT2D eigenvalue weighted by Gasteiger charge is -2.30. The van der Waals surface area contributed by atoms with Crippen molar-refractivity contribution in [1.29, 1.82) is 0 Å². The minimum atomic E-state index is -3.03. The third kappa shape index (κ3) is 5.09. The summed E-state index contributed by atoms with van der Waals surface area (Å²) in [5.41, 5.74) is 1.25. The van der Waals surface area contributed by atoms with E-state index in [1.165, 1.54) is 49.6 Å². The number of anilines is 1. The minimum Gasteiger partial charge on any atom is -0.493 e. The van der Waals surface area contributed by atoms with Crippen LogP contribution in [0.5, 0.6) is 11.5 Å². The van der Waals surface area contributed by atoms with E-state index in [4.69, 9.17) is 17.0 Å². The molecule has 9 nitrogen and oxygen atoms in total. The monoisotopic (exact) mass is 464 g/mol. The summed E-state index contributed by atoms with van der Waals surface area (Å²) in [5.74, 6) is -0.654. The molecule has 0 spiro atoms. The first-order chi connectivity index (χ1) is 15.2. The van der Waals surface area contributed by atoms with Crippen LogP contribution in [0.4, 0.5) is 20.2 Å². The maximum Gasteiger partial charge on any atom is 0.387 e. The highest BCUT2D eigenvalue weighted by Crippen LogP contribution is 2.35. The van der Waals surface area contributed by atoms with E-state index in [-0.39, 0.29) is 33.6 Å². The highest BCUT2D eigenvalue weighted by Gasteiger charge is 2.31. The standard InChI is InChI=1S/C20H18F2N4O5S/c1-10-16(18(27)24-12-4-3-5-13(9-12)26(28)29)17(25-20(32)23-10)11-6-7-14(31-19(21)22)15(8-11)30-2/h3-9,17,19H,1-2H3,(H,24,27)(H2,23,25,32). The second-order valence-electron chi connectivity index (χ2n) is 6.62. The molecule has 0 fully saturated rings. The molecule has 0 aliphatic carbocycles. The zero-order valence-electron chi connectivity index (χ0n) is 16.8. The topological polar surface area (TPSA) is 115 Å². The second kappa shape index (κ2) is 9.56. The van der Waals surface area contributed by atoms with Gasteiger partial charge in [0.2, 0.25) is 0 Å². The van der Waals surface area contributed by atoms with Crippen LogP contribution in [0.25, 0.3) is 0 Å². The number of alkyl halides is 2. The van der Waals surface area contributed by atoms with Gasteiger partial charge in [-0.15, -0.1) is 0 Å². The zero-order valence-corrected chi connectivity index (χ0v) is 17.7. The first-order valence-electron chi connectivity index (χ1n) is 9.16. The summed E-state index contributed by atoms with van der Waals surface area (Å²) in [5, 5.41) is 19.7. The van der Waals surface area contributed by atoms with E-state index in [1.54, 1.807) is 6.92 Å². The molecular formula is C20H18F2N4O5S. The van der Waals surface area contributed by atoms with E-state index in [9.17, 15) is 23.7 Å². The Bertz CT molecular complexity index is 1110. The molecule has 3 N–H and O–H groups in total. The molecular weight excluding hydrogens is 446 g/mol. The number of hydrogen-bond acceptors (Lipinski definition) is 6. The number of benzene rings is 2. The van der Waals surface area contributed by atoms with Gasteiger partial charge in [-0.05, 0) is 42.9 Å². The molecule has 1 aliphatic heterocycles. The van der Waals surface area contributed by atoms with Crippen LogP contribution in [-0.2, 0) is 4.79 Å². The first-order valence-corrected chi connectivity index (χ1v) is 9.57. The van der Waals surface area contributed by atoms with Crippen molar-refractivity contribution < 1.29 is 28.0 Å². The van der Waals surface area contributed by atoms with Crippen LogP contribution in [0.2, 0.25) is 0 Å². The number of thiocarbonyl (C=S) groups is 1. The maximum atomic E-state index is 13.1. The third-order valence-electron chi connectivity index (χ3n) is 4.57. The summed E-state index contributed by atoms with van der Waals surface area (Å²) in [7, 11) is 1.30. The summed E-state index contributed by atoms with van der Waals surface area (Å²) < 4.78 is 34.8. The van der Waals surface area contributed by atoms with Gasteiger partial charge in [-0.3, -0.25) is 14.9 Å². The number of hydrogen-bond donors (Lipinski definition) is 3. The SMILES string of the molecule is COc1cc(C2NC(=S)NC(C)=C2C(=O)Nc2cccc([N+](=O)[O-])c2)ccc1OC(F)F. The number of amides is 1. The molecule has 1 unspecified atom stereocenters. The lowest BCUT2D eigenvalue weighted by atomic mass is 9.94. The van der Waals surface area contributed by atoms with Crippen LogP contribution in [0, 0.1) is 10.1 Å². The van der Waals surface area contributed by atoms with E-state index in [0.29, 0.717) is 11.3 Å². The number of nitro benzene ring substituents is 1. The van der Waals surface area contributed by atoms with Crippen LogP contribution in [0.1, 0.15) is 18.5 Å². The van der Waals surface area contributed by atoms with Gasteiger partial charge in [-0.2, -0.15) is 8.78 Å². The molecule has 1 heterocycles. The fourth-order valence-electron chi connectivity index (χ4n) is 3.20. The van der Waals surface area contributed by atoms with Crippen LogP contribution in [-0.4, -0.2) is 29.7 Å². The molecule has 1 amide bonds. The highest BCUT2D eigenvalue weighted by atomic mass is 32.1. The van der Waals surface area contributed by atoms with Crippen molar-refractivity contribution in [1.82, 2.24) is 10.6 Å². The van der Waals surface area contributed by atoms with Crippen molar-refractivity contribution in [3.8, 4) is 11.5 Å². The quantitative estimate of drug-likeness (QED) is 0.323. The van der Waals surface area contributed by atoms with Crippen LogP contribution in [0.15, 0.2) is 53.7 Å². The number of nitro groups is 1. The van der Waals surface area contributed by atoms with Gasteiger partial charge in [-0.1, -0.05) is 12.1 Å². The zero-order chi connectivity index (χ0) is 23.4. The molecule has 0 aromatic heterocycles. The molecule has 0 saturated carbocycles. The molecule has 0 saturated heterocycles. The van der Waals surface area contributed by atoms with Gasteiger partial charge < -0.3 is 25.4 Å². The number of halogens is 2. The summed E-state index contributed by atoms with van der Waals surface area (Å²) in [6.45, 7) is -1.38. The Hall–Kier alpha value is -3.80. The van der Waals surface area contributed by atoms with E-state index in [1.807, 2.05) is 0 Å². The van der Waals surface area contributed by atoms with Crippen molar-refractivity contribution in [2.75, 3.05) is 12.4 Å². The molecule has 1 aliphatic rings. The number of nitrogens with one attached hydrogen (secondary N) is 3. The van der Waals surface area contributed by atoms with Gasteiger partial charge >= 0.3 is 6.61 Å². The molecule has 32 heavy (non-hydrogen) atoms.